The first-order valence-corrected chi connectivity index (χ1v) is 8.57. The van der Waals surface area contributed by atoms with E-state index in [1.807, 2.05) is 0 Å². The Balaban J connectivity index is 1.86. The molecular weight excluding hydrogens is 402 g/mol. The average molecular weight is 416 g/mol. The van der Waals surface area contributed by atoms with Crippen molar-refractivity contribution in [3.05, 3.63) is 16.4 Å². The van der Waals surface area contributed by atoms with Gasteiger partial charge in [-0.2, -0.15) is 36.0 Å². The molecule has 6 nitrogen and oxygen atoms in total. The van der Waals surface area contributed by atoms with E-state index in [1.54, 1.807) is 0 Å². The number of carbonyl (C=O) groups is 1. The molecule has 0 bridgehead atoms. The number of imidazole rings is 1. The van der Waals surface area contributed by atoms with Crippen molar-refractivity contribution in [3.63, 3.8) is 0 Å². The smallest absolute Gasteiger partial charge is 0.377 e. The van der Waals surface area contributed by atoms with Gasteiger partial charge in [-0.3, -0.25) is 4.79 Å². The highest BCUT2D eigenvalue weighted by atomic mass is 32.1. The van der Waals surface area contributed by atoms with Crippen LogP contribution >= 0.6 is 11.3 Å². The van der Waals surface area contributed by atoms with Crippen LogP contribution in [0.3, 0.4) is 0 Å². The summed E-state index contributed by atoms with van der Waals surface area (Å²) in [6.07, 6.45) is -10.7. The number of hydrogen-bond donors (Lipinski definition) is 0. The molecule has 0 spiro atoms. The van der Waals surface area contributed by atoms with E-state index in [0.717, 1.165) is 16.2 Å². The molecule has 0 unspecified atom stereocenters. The molecule has 2 aromatic rings. The molecule has 27 heavy (non-hydrogen) atoms. The molecule has 150 valence electrons. The lowest BCUT2D eigenvalue weighted by Gasteiger charge is -2.17. The fourth-order valence-electron chi connectivity index (χ4n) is 3.06. The molecule has 0 aromatic carbocycles. The molecule has 1 aliphatic heterocycles. The lowest BCUT2D eigenvalue weighted by Crippen LogP contribution is -2.27. The highest BCUT2D eigenvalue weighted by Gasteiger charge is 2.42. The van der Waals surface area contributed by atoms with Crippen LogP contribution in [0, 0.1) is 5.92 Å². The number of amides is 1. The van der Waals surface area contributed by atoms with Gasteiger partial charge in [0.1, 0.15) is 5.01 Å². The zero-order chi connectivity index (χ0) is 20.0. The molecule has 3 heterocycles. The summed E-state index contributed by atoms with van der Waals surface area (Å²) >= 11 is 0.904. The largest absolute Gasteiger partial charge is 0.435 e. The lowest BCUT2D eigenvalue weighted by atomic mass is 10.1. The fourth-order valence-corrected chi connectivity index (χ4v) is 3.94. The summed E-state index contributed by atoms with van der Waals surface area (Å²) in [5.41, 5.74) is -1.57. The van der Waals surface area contributed by atoms with Crippen molar-refractivity contribution in [1.29, 1.82) is 0 Å². The SMILES string of the molecule is COCc1nn2c(C(F)(F)F)c(CN3C[C@@H](CC(F)(F)F)CC3=O)nc2s1. The molecule has 1 fully saturated rings. The molecule has 1 aliphatic rings. The van der Waals surface area contributed by atoms with E-state index in [-0.39, 0.29) is 24.5 Å². The third kappa shape index (κ3) is 4.34. The van der Waals surface area contributed by atoms with E-state index in [9.17, 15) is 31.1 Å². The summed E-state index contributed by atoms with van der Waals surface area (Å²) < 4.78 is 83.5. The number of hydrogen-bond acceptors (Lipinski definition) is 5. The number of nitrogens with zero attached hydrogens (tertiary/aromatic N) is 4. The number of ether oxygens (including phenoxy) is 1. The lowest BCUT2D eigenvalue weighted by molar-refractivity contribution is -0.144. The van der Waals surface area contributed by atoms with E-state index in [1.165, 1.54) is 7.11 Å². The molecular formula is C14H14F6N4O2S. The molecule has 2 aromatic heterocycles. The van der Waals surface area contributed by atoms with Crippen molar-refractivity contribution in [2.45, 2.75) is 38.3 Å². The van der Waals surface area contributed by atoms with Gasteiger partial charge in [-0.25, -0.2) is 4.98 Å². The molecule has 0 saturated carbocycles. The van der Waals surface area contributed by atoms with E-state index >= 15 is 0 Å². The van der Waals surface area contributed by atoms with Gasteiger partial charge < -0.3 is 9.64 Å². The van der Waals surface area contributed by atoms with E-state index in [4.69, 9.17) is 4.74 Å². The van der Waals surface area contributed by atoms with Crippen LogP contribution in [0.5, 0.6) is 0 Å². The fraction of sp³-hybridized carbons (Fsp3) is 0.643. The van der Waals surface area contributed by atoms with Crippen LogP contribution in [0.4, 0.5) is 26.3 Å². The molecule has 0 radical (unpaired) electrons. The summed E-state index contributed by atoms with van der Waals surface area (Å²) in [4.78, 5) is 16.8. The first-order valence-electron chi connectivity index (χ1n) is 7.76. The van der Waals surface area contributed by atoms with Crippen LogP contribution in [0.1, 0.15) is 29.2 Å². The Morgan fingerprint density at radius 1 is 1.26 bits per heavy atom. The number of carbonyl (C=O) groups excluding carboxylic acids is 1. The topological polar surface area (TPSA) is 59.7 Å². The number of alkyl halides is 6. The quantitative estimate of drug-likeness (QED) is 0.703. The maximum Gasteiger partial charge on any atom is 0.435 e. The number of fused-ring (bicyclic) bond motifs is 1. The number of rotatable bonds is 5. The first-order chi connectivity index (χ1) is 12.5. The minimum atomic E-state index is -4.79. The standard InChI is InChI=1S/C14H14F6N4O2S/c1-26-6-9-22-24-11(14(18,19)20)8(21-12(24)27-9)5-23-4-7(2-10(23)25)3-13(15,16)17/h7H,2-6H2,1H3/t7-/m1/s1. The minimum absolute atomic E-state index is 0.0182. The Hall–Kier alpha value is -1.89. The van der Waals surface area contributed by atoms with Crippen molar-refractivity contribution < 1.29 is 35.9 Å². The second-order valence-corrected chi connectivity index (χ2v) is 7.23. The molecule has 13 heteroatoms. The van der Waals surface area contributed by atoms with Gasteiger partial charge in [-0.05, 0) is 5.92 Å². The zero-order valence-electron chi connectivity index (χ0n) is 13.9. The Bertz CT molecular complexity index is 843. The molecule has 3 rings (SSSR count). The van der Waals surface area contributed by atoms with Gasteiger partial charge >= 0.3 is 12.4 Å². The van der Waals surface area contributed by atoms with Crippen LogP contribution in [-0.2, 0) is 28.9 Å². The monoisotopic (exact) mass is 416 g/mol. The second kappa shape index (κ2) is 6.93. The summed E-state index contributed by atoms with van der Waals surface area (Å²) in [7, 11) is 1.37. The Labute approximate surface area is 152 Å². The predicted octanol–water partition coefficient (Wildman–Crippen LogP) is 3.26. The average Bonchev–Trinajstić information content (AvgIpc) is 3.09. The zero-order valence-corrected chi connectivity index (χ0v) is 14.7. The van der Waals surface area contributed by atoms with Gasteiger partial charge in [0.2, 0.25) is 10.9 Å². The molecule has 1 amide bonds. The van der Waals surface area contributed by atoms with E-state index in [0.29, 0.717) is 9.52 Å². The molecule has 0 N–H and O–H groups in total. The third-order valence-electron chi connectivity index (χ3n) is 4.01. The summed E-state index contributed by atoms with van der Waals surface area (Å²) in [5, 5.41) is 4.11. The molecule has 1 saturated heterocycles. The van der Waals surface area contributed by atoms with Crippen molar-refractivity contribution >= 4 is 22.2 Å². The molecule has 1 atom stereocenters. The van der Waals surface area contributed by atoms with Crippen molar-refractivity contribution in [2.75, 3.05) is 13.7 Å². The Kier molecular flexibility index (Phi) is 5.10. The number of halogens is 6. The van der Waals surface area contributed by atoms with Crippen LogP contribution in [0.15, 0.2) is 0 Å². The van der Waals surface area contributed by atoms with Crippen molar-refractivity contribution in [3.8, 4) is 0 Å². The highest BCUT2D eigenvalue weighted by Crippen LogP contribution is 2.36. The summed E-state index contributed by atoms with van der Waals surface area (Å²) in [5.74, 6) is -1.59. The normalized spacial score (nSPS) is 18.9. The van der Waals surface area contributed by atoms with Gasteiger partial charge in [0, 0.05) is 26.5 Å². The minimum Gasteiger partial charge on any atom is -0.377 e. The van der Waals surface area contributed by atoms with Crippen molar-refractivity contribution in [1.82, 2.24) is 19.5 Å². The number of likely N-dealkylation sites (tertiary alicyclic amines) is 1. The predicted molar refractivity (Wildman–Crippen MR) is 80.8 cm³/mol. The maximum atomic E-state index is 13.5. The third-order valence-corrected chi connectivity index (χ3v) is 4.89. The van der Waals surface area contributed by atoms with Crippen molar-refractivity contribution in [2.24, 2.45) is 5.92 Å². The van der Waals surface area contributed by atoms with Crippen LogP contribution < -0.4 is 0 Å². The van der Waals surface area contributed by atoms with Gasteiger partial charge in [-0.1, -0.05) is 11.3 Å². The summed E-state index contributed by atoms with van der Waals surface area (Å²) in [6.45, 7) is -0.759. The van der Waals surface area contributed by atoms with Gasteiger partial charge in [0.25, 0.3) is 0 Å². The Morgan fingerprint density at radius 2 is 1.96 bits per heavy atom. The second-order valence-electron chi connectivity index (χ2n) is 6.19. The first kappa shape index (κ1) is 19.9. The summed E-state index contributed by atoms with van der Waals surface area (Å²) in [6, 6.07) is 0. The van der Waals surface area contributed by atoms with E-state index < -0.39 is 48.5 Å². The van der Waals surface area contributed by atoms with E-state index in [2.05, 4.69) is 10.1 Å². The van der Waals surface area contributed by atoms with Gasteiger partial charge in [0.05, 0.1) is 18.8 Å². The highest BCUT2D eigenvalue weighted by molar-refractivity contribution is 7.16. The van der Waals surface area contributed by atoms with Gasteiger partial charge in [-0.15, -0.1) is 0 Å². The van der Waals surface area contributed by atoms with Crippen LogP contribution in [0.25, 0.3) is 4.96 Å². The maximum absolute atomic E-state index is 13.5. The van der Waals surface area contributed by atoms with Crippen LogP contribution in [-0.4, -0.2) is 45.2 Å². The van der Waals surface area contributed by atoms with Crippen LogP contribution in [0.2, 0.25) is 0 Å². The van der Waals surface area contributed by atoms with Gasteiger partial charge in [0.15, 0.2) is 5.69 Å². The molecule has 0 aliphatic carbocycles. The number of methoxy groups -OCH3 is 1. The number of aromatic nitrogens is 3. The Morgan fingerprint density at radius 3 is 2.56 bits per heavy atom.